The molecule has 0 aromatic heterocycles. The minimum absolute atomic E-state index is 0.204. The molecule has 16 heavy (non-hydrogen) atoms. The zero-order valence-electron chi connectivity index (χ0n) is 11.0. The normalized spacial score (nSPS) is 29.1. The Labute approximate surface area is 99.8 Å². The van der Waals surface area contributed by atoms with Crippen LogP contribution in [0.4, 0.5) is 0 Å². The summed E-state index contributed by atoms with van der Waals surface area (Å²) in [5.74, 6) is 0. The lowest BCUT2D eigenvalue weighted by Gasteiger charge is -2.29. The molecule has 0 bridgehead atoms. The molecule has 96 valence electrons. The Morgan fingerprint density at radius 3 is 2.31 bits per heavy atom. The van der Waals surface area contributed by atoms with Crippen molar-refractivity contribution < 1.29 is 5.11 Å². The van der Waals surface area contributed by atoms with Gasteiger partial charge in [0.25, 0.3) is 0 Å². The third kappa shape index (κ3) is 5.83. The highest BCUT2D eigenvalue weighted by molar-refractivity contribution is 4.80. The van der Waals surface area contributed by atoms with Crippen molar-refractivity contribution >= 4 is 0 Å². The van der Waals surface area contributed by atoms with E-state index in [1.165, 1.54) is 0 Å². The minimum atomic E-state index is -0.226. The largest absolute Gasteiger partial charge is 0.392 e. The fourth-order valence-electron chi connectivity index (χ4n) is 2.41. The molecule has 0 aliphatic heterocycles. The third-order valence-electron chi connectivity index (χ3n) is 3.26. The SMILES string of the molecule is CC(C)(C)CC(O)CNC1CCC(N)CC1. The van der Waals surface area contributed by atoms with E-state index in [0.29, 0.717) is 12.1 Å². The lowest BCUT2D eigenvalue weighted by Crippen LogP contribution is -2.41. The summed E-state index contributed by atoms with van der Waals surface area (Å²) < 4.78 is 0. The Balaban J connectivity index is 2.14. The second-order valence-corrected chi connectivity index (χ2v) is 6.44. The zero-order valence-corrected chi connectivity index (χ0v) is 11.0. The summed E-state index contributed by atoms with van der Waals surface area (Å²) in [6.07, 6.45) is 5.18. The summed E-state index contributed by atoms with van der Waals surface area (Å²) >= 11 is 0. The van der Waals surface area contributed by atoms with Gasteiger partial charge in [0.2, 0.25) is 0 Å². The summed E-state index contributed by atoms with van der Waals surface area (Å²) in [6, 6.07) is 0.965. The fourth-order valence-corrected chi connectivity index (χ4v) is 2.41. The van der Waals surface area contributed by atoms with Crippen LogP contribution in [-0.4, -0.2) is 29.8 Å². The van der Waals surface area contributed by atoms with Gasteiger partial charge in [-0.05, 0) is 37.5 Å². The molecule has 1 rings (SSSR count). The number of rotatable bonds is 4. The molecule has 1 aliphatic rings. The van der Waals surface area contributed by atoms with Crippen LogP contribution in [-0.2, 0) is 0 Å². The van der Waals surface area contributed by atoms with Gasteiger partial charge in [0.05, 0.1) is 6.10 Å². The molecule has 3 nitrogen and oxygen atoms in total. The van der Waals surface area contributed by atoms with Gasteiger partial charge in [0, 0.05) is 18.6 Å². The van der Waals surface area contributed by atoms with E-state index in [2.05, 4.69) is 26.1 Å². The molecule has 4 N–H and O–H groups in total. The Bertz CT molecular complexity index is 193. The van der Waals surface area contributed by atoms with Crippen LogP contribution in [0, 0.1) is 5.41 Å². The molecular weight excluding hydrogens is 200 g/mol. The zero-order chi connectivity index (χ0) is 12.2. The van der Waals surface area contributed by atoms with Crippen LogP contribution in [0.25, 0.3) is 0 Å². The molecule has 1 atom stereocenters. The average molecular weight is 228 g/mol. The molecule has 1 saturated carbocycles. The molecule has 3 heteroatoms. The van der Waals surface area contributed by atoms with Gasteiger partial charge in [-0.3, -0.25) is 0 Å². The summed E-state index contributed by atoms with van der Waals surface area (Å²) in [4.78, 5) is 0. The van der Waals surface area contributed by atoms with Crippen molar-refractivity contribution in [3.8, 4) is 0 Å². The van der Waals surface area contributed by atoms with Crippen molar-refractivity contribution in [2.45, 2.75) is 71.1 Å². The van der Waals surface area contributed by atoms with Gasteiger partial charge in [0.1, 0.15) is 0 Å². The molecule has 0 saturated heterocycles. The first-order valence-electron chi connectivity index (χ1n) is 6.54. The van der Waals surface area contributed by atoms with Crippen LogP contribution in [0.5, 0.6) is 0 Å². The Hall–Kier alpha value is -0.120. The second-order valence-electron chi connectivity index (χ2n) is 6.44. The molecule has 0 heterocycles. The molecule has 1 aliphatic carbocycles. The number of nitrogens with two attached hydrogens (primary N) is 1. The van der Waals surface area contributed by atoms with E-state index < -0.39 is 0 Å². The van der Waals surface area contributed by atoms with E-state index >= 15 is 0 Å². The van der Waals surface area contributed by atoms with Crippen molar-refractivity contribution in [3.05, 3.63) is 0 Å². The van der Waals surface area contributed by atoms with Crippen molar-refractivity contribution in [1.29, 1.82) is 0 Å². The van der Waals surface area contributed by atoms with Crippen molar-refractivity contribution in [3.63, 3.8) is 0 Å². The van der Waals surface area contributed by atoms with Gasteiger partial charge in [-0.15, -0.1) is 0 Å². The standard InChI is InChI=1S/C13H28N2O/c1-13(2,3)8-12(16)9-15-11-6-4-10(14)5-7-11/h10-12,15-16H,4-9,14H2,1-3H3. The van der Waals surface area contributed by atoms with E-state index in [9.17, 15) is 5.11 Å². The highest BCUT2D eigenvalue weighted by Gasteiger charge is 2.20. The Morgan fingerprint density at radius 2 is 1.81 bits per heavy atom. The number of aliphatic hydroxyl groups is 1. The maximum Gasteiger partial charge on any atom is 0.0669 e. The van der Waals surface area contributed by atoms with Crippen LogP contribution in [0.1, 0.15) is 52.9 Å². The second kappa shape index (κ2) is 5.99. The van der Waals surface area contributed by atoms with Crippen molar-refractivity contribution in [2.75, 3.05) is 6.54 Å². The van der Waals surface area contributed by atoms with Crippen molar-refractivity contribution in [1.82, 2.24) is 5.32 Å². The first kappa shape index (κ1) is 13.9. The molecule has 0 aromatic carbocycles. The van der Waals surface area contributed by atoms with E-state index in [-0.39, 0.29) is 11.5 Å². The molecule has 0 amide bonds. The third-order valence-corrected chi connectivity index (χ3v) is 3.26. The van der Waals surface area contributed by atoms with Crippen molar-refractivity contribution in [2.24, 2.45) is 11.1 Å². The van der Waals surface area contributed by atoms with Gasteiger partial charge < -0.3 is 16.2 Å². The number of hydrogen-bond acceptors (Lipinski definition) is 3. The van der Waals surface area contributed by atoms with Gasteiger partial charge in [-0.2, -0.15) is 0 Å². The lowest BCUT2D eigenvalue weighted by molar-refractivity contribution is 0.114. The summed E-state index contributed by atoms with van der Waals surface area (Å²) in [5.41, 5.74) is 6.06. The van der Waals surface area contributed by atoms with E-state index in [4.69, 9.17) is 5.73 Å². The van der Waals surface area contributed by atoms with Crippen LogP contribution in [0.15, 0.2) is 0 Å². The molecule has 0 radical (unpaired) electrons. The van der Waals surface area contributed by atoms with E-state index in [1.807, 2.05) is 0 Å². The van der Waals surface area contributed by atoms with Gasteiger partial charge >= 0.3 is 0 Å². The summed E-state index contributed by atoms with van der Waals surface area (Å²) in [5, 5.41) is 13.3. The summed E-state index contributed by atoms with van der Waals surface area (Å²) in [6.45, 7) is 7.21. The molecular formula is C13H28N2O. The molecule has 0 aromatic rings. The van der Waals surface area contributed by atoms with Crippen LogP contribution < -0.4 is 11.1 Å². The highest BCUT2D eigenvalue weighted by Crippen LogP contribution is 2.21. The maximum atomic E-state index is 9.88. The van der Waals surface area contributed by atoms with E-state index in [1.54, 1.807) is 0 Å². The predicted molar refractivity (Wildman–Crippen MR) is 68.3 cm³/mol. The maximum absolute atomic E-state index is 9.88. The average Bonchev–Trinajstić information content (AvgIpc) is 2.14. The molecule has 1 unspecified atom stereocenters. The van der Waals surface area contributed by atoms with Crippen LogP contribution in [0.2, 0.25) is 0 Å². The number of nitrogens with one attached hydrogen (secondary N) is 1. The molecule has 1 fully saturated rings. The first-order chi connectivity index (χ1) is 7.37. The monoisotopic (exact) mass is 228 g/mol. The predicted octanol–water partition coefficient (Wildman–Crippen LogP) is 1.64. The number of hydrogen-bond donors (Lipinski definition) is 3. The highest BCUT2D eigenvalue weighted by atomic mass is 16.3. The smallest absolute Gasteiger partial charge is 0.0669 e. The van der Waals surface area contributed by atoms with Gasteiger partial charge in [-0.1, -0.05) is 20.8 Å². The lowest BCUT2D eigenvalue weighted by atomic mass is 9.88. The molecule has 0 spiro atoms. The Morgan fingerprint density at radius 1 is 1.25 bits per heavy atom. The quantitative estimate of drug-likeness (QED) is 0.685. The van der Waals surface area contributed by atoms with Gasteiger partial charge in [0.15, 0.2) is 0 Å². The first-order valence-corrected chi connectivity index (χ1v) is 6.54. The van der Waals surface area contributed by atoms with Gasteiger partial charge in [-0.25, -0.2) is 0 Å². The number of aliphatic hydroxyl groups excluding tert-OH is 1. The fraction of sp³-hybridized carbons (Fsp3) is 1.00. The van der Waals surface area contributed by atoms with E-state index in [0.717, 1.165) is 38.6 Å². The Kier molecular flexibility index (Phi) is 5.22. The van der Waals surface area contributed by atoms with Crippen LogP contribution >= 0.6 is 0 Å². The minimum Gasteiger partial charge on any atom is -0.392 e. The topological polar surface area (TPSA) is 58.3 Å². The summed E-state index contributed by atoms with van der Waals surface area (Å²) in [7, 11) is 0. The van der Waals surface area contributed by atoms with Crippen LogP contribution in [0.3, 0.4) is 0 Å².